The third-order valence-electron chi connectivity index (χ3n) is 21.7. The lowest BCUT2D eigenvalue weighted by atomic mass is 9.98. The third kappa shape index (κ3) is 15.5. The lowest BCUT2D eigenvalue weighted by Crippen LogP contribution is -2.12. The van der Waals surface area contributed by atoms with Crippen LogP contribution in [-0.2, 0) is 0 Å². The van der Waals surface area contributed by atoms with Crippen molar-refractivity contribution < 1.29 is 0 Å². The molecule has 6 heteroatoms. The fourth-order valence-corrected chi connectivity index (χ4v) is 15.9. The fourth-order valence-electron chi connectivity index (χ4n) is 15.9. The molecule has 0 aliphatic carbocycles. The highest BCUT2D eigenvalue weighted by Gasteiger charge is 2.23. The van der Waals surface area contributed by atoms with E-state index in [1.165, 1.54) is 0 Å². The van der Waals surface area contributed by atoms with Crippen LogP contribution in [0.5, 0.6) is 0 Å². The lowest BCUT2D eigenvalue weighted by Gasteiger charge is -2.29. The zero-order valence-corrected chi connectivity index (χ0v) is 64.7. The van der Waals surface area contributed by atoms with Crippen molar-refractivity contribution in [3.05, 3.63) is 484 Å². The van der Waals surface area contributed by atoms with E-state index >= 15 is 0 Å². The first-order valence-corrected chi connectivity index (χ1v) is 39.6. The zero-order chi connectivity index (χ0) is 77.9. The van der Waals surface area contributed by atoms with Crippen molar-refractivity contribution in [2.45, 2.75) is 13.8 Å². The molecule has 0 N–H and O–H groups in total. The molecule has 0 radical (unpaired) electrons. The van der Waals surface area contributed by atoms with Crippen LogP contribution in [-0.4, -0.2) is 0 Å². The van der Waals surface area contributed by atoms with Crippen LogP contribution in [0.4, 0.5) is 102 Å². The lowest BCUT2D eigenvalue weighted by molar-refractivity contribution is 1.24. The number of nitrogens with zero attached hydrogens (tertiary/aromatic N) is 6. The SMILES string of the molecule is Cc1cc(-c2ccc(N(c3ccc(-c4ccc(N(c5ccccc5)c5ccccc5)cc4)cc3)c3ccc(-c4ccc(N(c5ccccc5)c5ccccc5)cc4)cc3)c(C)c2)ccc1N(c1ccc(-c2ccc(N(c3ccccc3)c3ccccc3)cc2)cc1)c1ccc(-c2ccc(N(c3ccccc3)c3ccccc3)cc2)cc1. The van der Waals surface area contributed by atoms with Gasteiger partial charge in [0.1, 0.15) is 0 Å². The van der Waals surface area contributed by atoms with E-state index in [0.29, 0.717) is 0 Å². The smallest absolute Gasteiger partial charge is 0.0491 e. The number of benzene rings is 18. The monoisotopic (exact) mass is 1490 g/mol. The molecule has 0 fully saturated rings. The number of hydrogen-bond donors (Lipinski definition) is 0. The summed E-state index contributed by atoms with van der Waals surface area (Å²) in [4.78, 5) is 14.0. The van der Waals surface area contributed by atoms with Gasteiger partial charge in [-0.15, -0.1) is 0 Å². The van der Waals surface area contributed by atoms with Crippen molar-refractivity contribution in [1.29, 1.82) is 0 Å². The van der Waals surface area contributed by atoms with Gasteiger partial charge >= 0.3 is 0 Å². The van der Waals surface area contributed by atoms with E-state index in [9.17, 15) is 0 Å². The molecular formula is C110H84N6. The second-order valence-corrected chi connectivity index (χ2v) is 29.1. The Morgan fingerprint density at radius 1 is 0.112 bits per heavy atom. The third-order valence-corrected chi connectivity index (χ3v) is 21.7. The molecule has 116 heavy (non-hydrogen) atoms. The minimum atomic E-state index is 1.06. The van der Waals surface area contributed by atoms with E-state index < -0.39 is 0 Å². The Balaban J connectivity index is 0.667. The van der Waals surface area contributed by atoms with E-state index in [-0.39, 0.29) is 0 Å². The van der Waals surface area contributed by atoms with Gasteiger partial charge in [-0.2, -0.15) is 0 Å². The van der Waals surface area contributed by atoms with Gasteiger partial charge in [-0.3, -0.25) is 0 Å². The van der Waals surface area contributed by atoms with Gasteiger partial charge in [0.25, 0.3) is 0 Å². The number of anilines is 18. The Labute approximate surface area is 681 Å². The molecule has 554 valence electrons. The van der Waals surface area contributed by atoms with Crippen molar-refractivity contribution in [2.24, 2.45) is 0 Å². The number of hydrogen-bond acceptors (Lipinski definition) is 6. The van der Waals surface area contributed by atoms with E-state index in [2.05, 4.69) is 516 Å². The molecule has 0 amide bonds. The Kier molecular flexibility index (Phi) is 20.8. The summed E-state index contributed by atoms with van der Waals surface area (Å²) in [6.45, 7) is 4.49. The first-order valence-electron chi connectivity index (χ1n) is 39.6. The highest BCUT2D eigenvalue weighted by atomic mass is 15.2. The zero-order valence-electron chi connectivity index (χ0n) is 64.7. The van der Waals surface area contributed by atoms with Crippen molar-refractivity contribution in [3.63, 3.8) is 0 Å². The number of aryl methyl sites for hydroxylation is 2. The topological polar surface area (TPSA) is 19.4 Å². The van der Waals surface area contributed by atoms with E-state index in [0.717, 1.165) is 169 Å². The van der Waals surface area contributed by atoms with E-state index in [1.54, 1.807) is 0 Å². The normalized spacial score (nSPS) is 11.0. The second kappa shape index (κ2) is 33.4. The molecule has 0 atom stereocenters. The molecule has 0 saturated carbocycles. The average molecular weight is 1490 g/mol. The molecule has 0 unspecified atom stereocenters. The number of rotatable bonds is 23. The molecule has 0 bridgehead atoms. The van der Waals surface area contributed by atoms with Crippen LogP contribution in [0.15, 0.2) is 473 Å². The van der Waals surface area contributed by atoms with Gasteiger partial charge in [0.05, 0.1) is 0 Å². The largest absolute Gasteiger partial charge is 0.311 e. The van der Waals surface area contributed by atoms with Crippen molar-refractivity contribution in [3.8, 4) is 55.6 Å². The maximum Gasteiger partial charge on any atom is 0.0491 e. The maximum absolute atomic E-state index is 2.40. The summed E-state index contributed by atoms with van der Waals surface area (Å²) in [7, 11) is 0. The Bertz CT molecular complexity index is 5360. The summed E-state index contributed by atoms with van der Waals surface area (Å²) in [5.74, 6) is 0. The predicted molar refractivity (Wildman–Crippen MR) is 491 cm³/mol. The summed E-state index contributed by atoms with van der Waals surface area (Å²) in [6, 6.07) is 170. The van der Waals surface area contributed by atoms with Crippen molar-refractivity contribution >= 4 is 102 Å². The van der Waals surface area contributed by atoms with Gasteiger partial charge in [0.2, 0.25) is 0 Å². The molecule has 0 aliphatic heterocycles. The van der Waals surface area contributed by atoms with E-state index in [4.69, 9.17) is 0 Å². The molecule has 6 nitrogen and oxygen atoms in total. The van der Waals surface area contributed by atoms with Gasteiger partial charge in [-0.25, -0.2) is 0 Å². The Hall–Kier alpha value is -15.2. The molecule has 0 saturated heterocycles. The standard InChI is InChI=1S/C110H84N6/c1-81-79-91(59-77-109(81)115(105-69-51-87(52-70-105)83-43-61-101(62-44-83)111(93-27-11-3-12-28-93)94-29-13-4-14-30-94)106-71-53-88(54-72-106)84-45-63-102(64-46-84)112(95-31-15-5-16-32-95)96-33-17-6-18-34-96)92-60-78-110(82(2)80-92)116(107-73-55-89(56-74-107)85-47-65-103(66-48-85)113(97-35-19-7-20-36-97)98-37-21-8-22-38-98)108-75-57-90(58-76-108)86-49-67-104(68-50-86)114(99-39-23-9-24-40-99)100-41-25-10-26-42-100/h3-80H,1-2H3. The predicted octanol–water partition coefficient (Wildman–Crippen LogP) is 31.5. The molecule has 0 aliphatic rings. The van der Waals surface area contributed by atoms with Crippen LogP contribution in [0.3, 0.4) is 0 Å². The summed E-state index contributed by atoms with van der Waals surface area (Å²) in [5.41, 5.74) is 33.3. The quantitative estimate of drug-likeness (QED) is 0.0631. The first kappa shape index (κ1) is 72.3. The minimum absolute atomic E-state index is 1.06. The van der Waals surface area contributed by atoms with E-state index in [1.807, 2.05) is 0 Å². The maximum atomic E-state index is 2.40. The molecule has 0 heterocycles. The summed E-state index contributed by atoms with van der Waals surface area (Å²) >= 11 is 0. The highest BCUT2D eigenvalue weighted by Crippen LogP contribution is 2.46. The van der Waals surface area contributed by atoms with Crippen LogP contribution in [0.1, 0.15) is 11.1 Å². The molecular weight excluding hydrogens is 1410 g/mol. The average Bonchev–Trinajstić information content (AvgIpc) is 0.812. The van der Waals surface area contributed by atoms with Crippen LogP contribution in [0.2, 0.25) is 0 Å². The van der Waals surface area contributed by atoms with Gasteiger partial charge in [0, 0.05) is 102 Å². The number of para-hydroxylation sites is 8. The van der Waals surface area contributed by atoms with Crippen LogP contribution >= 0.6 is 0 Å². The second-order valence-electron chi connectivity index (χ2n) is 29.1. The Morgan fingerprint density at radius 3 is 0.371 bits per heavy atom. The van der Waals surface area contributed by atoms with Gasteiger partial charge < -0.3 is 29.4 Å². The van der Waals surface area contributed by atoms with Crippen LogP contribution < -0.4 is 29.4 Å². The van der Waals surface area contributed by atoms with Crippen LogP contribution in [0.25, 0.3) is 55.6 Å². The van der Waals surface area contributed by atoms with Crippen molar-refractivity contribution in [1.82, 2.24) is 0 Å². The van der Waals surface area contributed by atoms with Crippen LogP contribution in [0, 0.1) is 13.8 Å². The molecule has 18 aromatic carbocycles. The highest BCUT2D eigenvalue weighted by molar-refractivity contribution is 5.89. The minimum Gasteiger partial charge on any atom is -0.311 e. The summed E-state index contributed by atoms with van der Waals surface area (Å²) < 4.78 is 0. The van der Waals surface area contributed by atoms with Gasteiger partial charge in [-0.1, -0.05) is 255 Å². The molecule has 0 spiro atoms. The molecule has 18 rings (SSSR count). The fraction of sp³-hybridized carbons (Fsp3) is 0.0182. The summed E-state index contributed by atoms with van der Waals surface area (Å²) in [5, 5.41) is 0. The van der Waals surface area contributed by atoms with Gasteiger partial charge in [-0.05, 0) is 299 Å². The molecule has 18 aromatic rings. The Morgan fingerprint density at radius 2 is 0.233 bits per heavy atom. The molecule has 0 aromatic heterocycles. The summed E-state index contributed by atoms with van der Waals surface area (Å²) in [6.07, 6.45) is 0. The van der Waals surface area contributed by atoms with Crippen molar-refractivity contribution in [2.75, 3.05) is 29.4 Å². The first-order chi connectivity index (χ1) is 57.3. The van der Waals surface area contributed by atoms with Gasteiger partial charge in [0.15, 0.2) is 0 Å².